The van der Waals surface area contributed by atoms with Crippen LogP contribution in [-0.4, -0.2) is 25.9 Å². The smallest absolute Gasteiger partial charge is 0.276 e. The van der Waals surface area contributed by atoms with Crippen molar-refractivity contribution >= 4 is 61.5 Å². The van der Waals surface area contributed by atoms with Gasteiger partial charge in [-0.25, -0.2) is 18.6 Å². The van der Waals surface area contributed by atoms with E-state index < -0.39 is 15.9 Å². The number of carbonyl (C=O) groups excluding carboxylic acids is 1. The molecule has 3 aromatic rings. The van der Waals surface area contributed by atoms with Crippen molar-refractivity contribution in [3.63, 3.8) is 0 Å². The van der Waals surface area contributed by atoms with Gasteiger partial charge in [-0.15, -0.1) is 0 Å². The van der Waals surface area contributed by atoms with Crippen molar-refractivity contribution in [1.82, 2.24) is 15.2 Å². The number of nitrogens with zero attached hydrogens (tertiary/aromatic N) is 1. The summed E-state index contributed by atoms with van der Waals surface area (Å²) in [6.07, 6.45) is 5.38. The van der Waals surface area contributed by atoms with E-state index in [1.54, 1.807) is 36.7 Å². The Morgan fingerprint density at radius 2 is 1.97 bits per heavy atom. The molecular formula is C23H22ClIN4O4S. The van der Waals surface area contributed by atoms with E-state index in [1.165, 1.54) is 18.2 Å². The van der Waals surface area contributed by atoms with Gasteiger partial charge in [-0.1, -0.05) is 17.7 Å². The zero-order valence-electron chi connectivity index (χ0n) is 17.9. The molecule has 34 heavy (non-hydrogen) atoms. The van der Waals surface area contributed by atoms with Crippen LogP contribution in [0.2, 0.25) is 5.02 Å². The number of hydrogen-bond donors (Lipinski definition) is 3. The van der Waals surface area contributed by atoms with E-state index in [0.717, 1.165) is 22.0 Å². The van der Waals surface area contributed by atoms with Gasteiger partial charge in [0.05, 0.1) is 33.5 Å². The molecule has 1 fully saturated rings. The van der Waals surface area contributed by atoms with Gasteiger partial charge in [-0.05, 0) is 89.4 Å². The van der Waals surface area contributed by atoms with E-state index in [9.17, 15) is 13.2 Å². The summed E-state index contributed by atoms with van der Waals surface area (Å²) in [6.45, 7) is 0.529. The van der Waals surface area contributed by atoms with E-state index >= 15 is 0 Å². The van der Waals surface area contributed by atoms with E-state index in [-0.39, 0.29) is 22.7 Å². The highest BCUT2D eigenvalue weighted by Crippen LogP contribution is 2.31. The van der Waals surface area contributed by atoms with Gasteiger partial charge in [-0.2, -0.15) is 0 Å². The predicted octanol–water partition coefficient (Wildman–Crippen LogP) is 4.63. The molecule has 8 nitrogen and oxygen atoms in total. The lowest BCUT2D eigenvalue weighted by Crippen LogP contribution is -2.26. The molecule has 0 spiro atoms. The number of carbonyl (C=O) groups is 1. The highest BCUT2D eigenvalue weighted by Gasteiger charge is 2.23. The highest BCUT2D eigenvalue weighted by molar-refractivity contribution is 14.1. The molecule has 1 aliphatic rings. The third-order valence-corrected chi connectivity index (χ3v) is 7.50. The standard InChI is InChI=1S/C23H22ClIN4O4S/c24-20-10-17(25)5-8-21(20)28-22-11-18(34(31,32)27-13-16-2-1-9-26-12-16)6-7-19(22)23(30)29-33-14-15-3-4-15/h1-2,5-12,15,27-28H,3-4,13-14H2,(H,29,30). The molecule has 0 atom stereocenters. The molecule has 3 N–H and O–H groups in total. The van der Waals surface area contributed by atoms with Gasteiger partial charge in [0, 0.05) is 22.5 Å². The first-order valence-electron chi connectivity index (χ1n) is 10.5. The summed E-state index contributed by atoms with van der Waals surface area (Å²) < 4.78 is 29.4. The number of benzene rings is 2. The van der Waals surface area contributed by atoms with Crippen LogP contribution in [0.15, 0.2) is 65.8 Å². The first kappa shape index (κ1) is 24.9. The average molecular weight is 613 g/mol. The van der Waals surface area contributed by atoms with E-state index in [1.807, 2.05) is 6.07 Å². The van der Waals surface area contributed by atoms with Crippen LogP contribution in [0.25, 0.3) is 0 Å². The molecular weight excluding hydrogens is 591 g/mol. The second kappa shape index (κ2) is 11.0. The number of hydrogen-bond acceptors (Lipinski definition) is 6. The number of anilines is 2. The number of hydroxylamine groups is 1. The monoisotopic (exact) mass is 612 g/mol. The number of amides is 1. The van der Waals surface area contributed by atoms with Crippen molar-refractivity contribution in [2.75, 3.05) is 11.9 Å². The minimum Gasteiger partial charge on any atom is -0.354 e. The molecule has 4 rings (SSSR count). The summed E-state index contributed by atoms with van der Waals surface area (Å²) in [5, 5.41) is 3.53. The fraction of sp³-hybridized carbons (Fsp3) is 0.217. The van der Waals surface area contributed by atoms with Crippen molar-refractivity contribution in [3.8, 4) is 0 Å². The Morgan fingerprint density at radius 3 is 2.68 bits per heavy atom. The number of pyridine rings is 1. The summed E-state index contributed by atoms with van der Waals surface area (Å²) in [7, 11) is -3.87. The molecule has 0 unspecified atom stereocenters. The van der Waals surface area contributed by atoms with Gasteiger partial charge in [0.25, 0.3) is 5.91 Å². The molecule has 1 aromatic heterocycles. The molecule has 11 heteroatoms. The average Bonchev–Trinajstić information content (AvgIpc) is 3.64. The van der Waals surface area contributed by atoms with Crippen LogP contribution < -0.4 is 15.5 Å². The maximum absolute atomic E-state index is 12.9. The maximum atomic E-state index is 12.9. The first-order chi connectivity index (χ1) is 16.3. The Morgan fingerprint density at radius 1 is 1.15 bits per heavy atom. The minimum absolute atomic E-state index is 0.00373. The van der Waals surface area contributed by atoms with E-state index in [0.29, 0.717) is 23.2 Å². The maximum Gasteiger partial charge on any atom is 0.276 e. The van der Waals surface area contributed by atoms with Gasteiger partial charge in [0.15, 0.2) is 0 Å². The van der Waals surface area contributed by atoms with Crippen LogP contribution in [-0.2, 0) is 21.4 Å². The van der Waals surface area contributed by atoms with Gasteiger partial charge < -0.3 is 5.32 Å². The fourth-order valence-corrected chi connectivity index (χ4v) is 5.00. The van der Waals surface area contributed by atoms with Gasteiger partial charge in [0.1, 0.15) is 0 Å². The molecule has 2 aromatic carbocycles. The number of sulfonamides is 1. The lowest BCUT2D eigenvalue weighted by Gasteiger charge is -2.16. The lowest BCUT2D eigenvalue weighted by atomic mass is 10.1. The number of rotatable bonds is 10. The third kappa shape index (κ3) is 6.66. The van der Waals surface area contributed by atoms with Crippen molar-refractivity contribution < 1.29 is 18.0 Å². The quantitative estimate of drug-likeness (QED) is 0.228. The second-order valence-corrected chi connectivity index (χ2v) is 11.2. The van der Waals surface area contributed by atoms with E-state index in [4.69, 9.17) is 16.4 Å². The molecule has 1 heterocycles. The summed E-state index contributed by atoms with van der Waals surface area (Å²) in [4.78, 5) is 22.1. The summed E-state index contributed by atoms with van der Waals surface area (Å²) >= 11 is 8.50. The molecule has 1 amide bonds. The van der Waals surface area contributed by atoms with Gasteiger partial charge in [0.2, 0.25) is 10.0 Å². The molecule has 0 aliphatic heterocycles. The molecule has 1 aliphatic carbocycles. The van der Waals surface area contributed by atoms with Crippen LogP contribution in [0.4, 0.5) is 11.4 Å². The van der Waals surface area contributed by atoms with Crippen LogP contribution in [0.5, 0.6) is 0 Å². The Hall–Kier alpha value is -2.25. The van der Waals surface area contributed by atoms with Crippen LogP contribution in [0, 0.1) is 9.49 Å². The second-order valence-electron chi connectivity index (χ2n) is 7.83. The zero-order chi connectivity index (χ0) is 24.1. The molecule has 1 saturated carbocycles. The van der Waals surface area contributed by atoms with Crippen molar-refractivity contribution in [3.05, 3.63) is 80.6 Å². The predicted molar refractivity (Wildman–Crippen MR) is 138 cm³/mol. The Bertz CT molecular complexity index is 1290. The molecule has 0 bridgehead atoms. The first-order valence-corrected chi connectivity index (χ1v) is 13.4. The SMILES string of the molecule is O=C(NOCC1CC1)c1ccc(S(=O)(=O)NCc2cccnc2)cc1Nc1ccc(I)cc1Cl. The molecule has 0 saturated heterocycles. The van der Waals surface area contributed by atoms with Crippen LogP contribution in [0.3, 0.4) is 0 Å². The summed E-state index contributed by atoms with van der Waals surface area (Å²) in [6, 6.07) is 13.1. The minimum atomic E-state index is -3.87. The molecule has 178 valence electrons. The van der Waals surface area contributed by atoms with Crippen molar-refractivity contribution in [2.24, 2.45) is 5.92 Å². The van der Waals surface area contributed by atoms with Crippen molar-refractivity contribution in [2.45, 2.75) is 24.3 Å². The largest absolute Gasteiger partial charge is 0.354 e. The Labute approximate surface area is 216 Å². The fourth-order valence-electron chi connectivity index (χ4n) is 3.06. The lowest BCUT2D eigenvalue weighted by molar-refractivity contribution is 0.0271. The van der Waals surface area contributed by atoms with Gasteiger partial charge in [-0.3, -0.25) is 14.6 Å². The molecule has 0 radical (unpaired) electrons. The number of nitrogens with one attached hydrogen (secondary N) is 3. The summed E-state index contributed by atoms with van der Waals surface area (Å²) in [5.74, 6) is -0.0149. The summed E-state index contributed by atoms with van der Waals surface area (Å²) in [5.41, 5.74) is 4.19. The van der Waals surface area contributed by atoms with E-state index in [2.05, 4.69) is 43.1 Å². The topological polar surface area (TPSA) is 109 Å². The van der Waals surface area contributed by atoms with Crippen LogP contribution in [0.1, 0.15) is 28.8 Å². The van der Waals surface area contributed by atoms with Crippen LogP contribution >= 0.6 is 34.2 Å². The Balaban J connectivity index is 1.59. The normalized spacial score (nSPS) is 13.5. The zero-order valence-corrected chi connectivity index (χ0v) is 21.7. The third-order valence-electron chi connectivity index (χ3n) is 5.12. The highest BCUT2D eigenvalue weighted by atomic mass is 127. The number of aromatic nitrogens is 1. The van der Waals surface area contributed by atoms with Gasteiger partial charge >= 0.3 is 0 Å². The number of halogens is 2. The van der Waals surface area contributed by atoms with Crippen molar-refractivity contribution in [1.29, 1.82) is 0 Å². The Kier molecular flexibility index (Phi) is 8.04.